The molecule has 2 aromatic rings. The Morgan fingerprint density at radius 1 is 1.04 bits per heavy atom. The molecule has 2 unspecified atom stereocenters. The zero-order valence-corrected chi connectivity index (χ0v) is 13.5. The van der Waals surface area contributed by atoms with Crippen LogP contribution in [0.2, 0.25) is 0 Å². The predicted molar refractivity (Wildman–Crippen MR) is 88.7 cm³/mol. The van der Waals surface area contributed by atoms with Gasteiger partial charge in [-0.2, -0.15) is 0 Å². The van der Waals surface area contributed by atoms with Gasteiger partial charge in [-0.1, -0.05) is 30.3 Å². The average Bonchev–Trinajstić information content (AvgIpc) is 3.24. The molecule has 0 aliphatic carbocycles. The second-order valence-electron chi connectivity index (χ2n) is 6.01. The number of rotatable bonds is 3. The summed E-state index contributed by atoms with van der Waals surface area (Å²) < 4.78 is 33.2. The Hall–Kier alpha value is -2.73. The van der Waals surface area contributed by atoms with E-state index < -0.39 is 11.6 Å². The first-order chi connectivity index (χ1) is 12.1. The fraction of sp³-hybridized carbons (Fsp3) is 0.211. The van der Waals surface area contributed by atoms with E-state index in [1.54, 1.807) is 0 Å². The van der Waals surface area contributed by atoms with Crippen molar-refractivity contribution in [1.82, 2.24) is 5.48 Å². The molecule has 0 saturated heterocycles. The van der Waals surface area contributed by atoms with Gasteiger partial charge >= 0.3 is 0 Å². The Bertz CT molecular complexity index is 842. The minimum absolute atomic E-state index is 0.00607. The molecule has 2 atom stereocenters. The number of allylic oxidation sites excluding steroid dienone is 1. The highest BCUT2D eigenvalue weighted by Crippen LogP contribution is 2.29. The molecule has 6 heteroatoms. The monoisotopic (exact) mass is 342 g/mol. The minimum atomic E-state index is -0.678. The maximum Gasteiger partial charge on any atom is 0.222 e. The molecule has 2 heterocycles. The second kappa shape index (κ2) is 6.29. The van der Waals surface area contributed by atoms with E-state index in [4.69, 9.17) is 9.57 Å². The van der Waals surface area contributed by atoms with E-state index in [0.717, 1.165) is 16.8 Å². The summed E-state index contributed by atoms with van der Waals surface area (Å²) in [6.07, 6.45) is 1.87. The molecular formula is C19H16F2N2O2. The van der Waals surface area contributed by atoms with Gasteiger partial charge in [0.1, 0.15) is 36.0 Å². The molecule has 4 nitrogen and oxygen atoms in total. The van der Waals surface area contributed by atoms with Crippen LogP contribution in [0.4, 0.5) is 8.78 Å². The lowest BCUT2D eigenvalue weighted by Crippen LogP contribution is -2.07. The summed E-state index contributed by atoms with van der Waals surface area (Å²) in [5, 5.41) is 0. The van der Waals surface area contributed by atoms with Gasteiger partial charge in [-0.15, -0.1) is 0 Å². The second-order valence-corrected chi connectivity index (χ2v) is 6.01. The largest absolute Gasteiger partial charge is 0.475 e. The quantitative estimate of drug-likeness (QED) is 0.918. The van der Waals surface area contributed by atoms with Crippen LogP contribution in [0.5, 0.6) is 0 Å². The lowest BCUT2D eigenvalue weighted by molar-refractivity contribution is 0.0421. The van der Waals surface area contributed by atoms with Crippen LogP contribution in [0.25, 0.3) is 0 Å². The Kier molecular flexibility index (Phi) is 3.97. The number of hydroxylamine groups is 1. The third kappa shape index (κ3) is 3.00. The molecule has 0 bridgehead atoms. The zero-order valence-electron chi connectivity index (χ0n) is 13.5. The highest BCUT2D eigenvalue weighted by atomic mass is 19.1. The predicted octanol–water partition coefficient (Wildman–Crippen LogP) is 3.96. The van der Waals surface area contributed by atoms with Gasteiger partial charge in [-0.05, 0) is 36.3 Å². The fourth-order valence-corrected chi connectivity index (χ4v) is 2.91. The van der Waals surface area contributed by atoms with Crippen molar-refractivity contribution in [3.8, 4) is 0 Å². The van der Waals surface area contributed by atoms with E-state index in [-0.39, 0.29) is 30.2 Å². The lowest BCUT2D eigenvalue weighted by atomic mass is 10.0. The van der Waals surface area contributed by atoms with Gasteiger partial charge in [-0.3, -0.25) is 10.3 Å². The third-order valence-corrected chi connectivity index (χ3v) is 4.23. The van der Waals surface area contributed by atoms with Crippen molar-refractivity contribution in [2.45, 2.75) is 19.1 Å². The van der Waals surface area contributed by atoms with Gasteiger partial charge in [-0.25, -0.2) is 13.8 Å². The van der Waals surface area contributed by atoms with Crippen molar-refractivity contribution in [1.29, 1.82) is 0 Å². The van der Waals surface area contributed by atoms with E-state index >= 15 is 0 Å². The number of nitrogens with one attached hydrogen (secondary N) is 1. The molecule has 0 amide bonds. The SMILES string of the molecule is CC1=CC(c2ccc(C3COC(c4c(F)cccc4F)=N3)cc2)ON1. The molecule has 0 aromatic heterocycles. The topological polar surface area (TPSA) is 42.9 Å². The zero-order chi connectivity index (χ0) is 17.4. The summed E-state index contributed by atoms with van der Waals surface area (Å²) in [5.74, 6) is -1.35. The number of halogens is 2. The molecule has 0 fully saturated rings. The molecule has 0 saturated carbocycles. The van der Waals surface area contributed by atoms with Crippen molar-refractivity contribution >= 4 is 5.90 Å². The van der Waals surface area contributed by atoms with Crippen LogP contribution in [-0.4, -0.2) is 12.5 Å². The van der Waals surface area contributed by atoms with Gasteiger partial charge in [0.15, 0.2) is 0 Å². The van der Waals surface area contributed by atoms with Gasteiger partial charge in [0.05, 0.1) is 0 Å². The van der Waals surface area contributed by atoms with Gasteiger partial charge < -0.3 is 4.74 Å². The van der Waals surface area contributed by atoms with Crippen LogP contribution < -0.4 is 5.48 Å². The van der Waals surface area contributed by atoms with E-state index in [1.165, 1.54) is 18.2 Å². The first-order valence-corrected chi connectivity index (χ1v) is 7.97. The van der Waals surface area contributed by atoms with Gasteiger partial charge in [0.2, 0.25) is 5.90 Å². The lowest BCUT2D eigenvalue weighted by Gasteiger charge is -2.10. The fourth-order valence-electron chi connectivity index (χ4n) is 2.91. The number of nitrogens with zero attached hydrogens (tertiary/aromatic N) is 1. The van der Waals surface area contributed by atoms with Crippen molar-refractivity contribution < 1.29 is 18.4 Å². The number of benzene rings is 2. The average molecular weight is 342 g/mol. The molecule has 0 spiro atoms. The van der Waals surface area contributed by atoms with E-state index in [2.05, 4.69) is 10.5 Å². The number of aliphatic imine (C=N–C) groups is 1. The summed E-state index contributed by atoms with van der Waals surface area (Å²) >= 11 is 0. The van der Waals surface area contributed by atoms with E-state index in [9.17, 15) is 8.78 Å². The van der Waals surface area contributed by atoms with Gasteiger partial charge in [0.25, 0.3) is 0 Å². The molecule has 2 aliphatic heterocycles. The first kappa shape index (κ1) is 15.8. The van der Waals surface area contributed by atoms with Crippen LogP contribution >= 0.6 is 0 Å². The Labute approximate surface area is 143 Å². The summed E-state index contributed by atoms with van der Waals surface area (Å²) in [6, 6.07) is 11.2. The molecule has 128 valence electrons. The molecule has 1 N–H and O–H groups in total. The molecular weight excluding hydrogens is 326 g/mol. The molecule has 25 heavy (non-hydrogen) atoms. The maximum absolute atomic E-state index is 13.9. The molecule has 0 radical (unpaired) electrons. The highest BCUT2D eigenvalue weighted by Gasteiger charge is 2.26. The number of hydrogen-bond acceptors (Lipinski definition) is 4. The van der Waals surface area contributed by atoms with Crippen molar-refractivity contribution in [3.63, 3.8) is 0 Å². The van der Waals surface area contributed by atoms with Crippen molar-refractivity contribution in [2.75, 3.05) is 6.61 Å². The van der Waals surface area contributed by atoms with Crippen molar-refractivity contribution in [2.24, 2.45) is 4.99 Å². The van der Waals surface area contributed by atoms with E-state index in [1.807, 2.05) is 37.3 Å². The first-order valence-electron chi connectivity index (χ1n) is 7.97. The van der Waals surface area contributed by atoms with Crippen LogP contribution in [0.15, 0.2) is 59.2 Å². The van der Waals surface area contributed by atoms with Crippen LogP contribution in [0.3, 0.4) is 0 Å². The summed E-state index contributed by atoms with van der Waals surface area (Å²) in [5.41, 5.74) is 5.51. The summed E-state index contributed by atoms with van der Waals surface area (Å²) in [6.45, 7) is 2.19. The van der Waals surface area contributed by atoms with Crippen molar-refractivity contribution in [3.05, 3.63) is 82.6 Å². The van der Waals surface area contributed by atoms with E-state index in [0.29, 0.717) is 0 Å². The normalized spacial score (nSPS) is 22.2. The Morgan fingerprint density at radius 2 is 1.72 bits per heavy atom. The smallest absolute Gasteiger partial charge is 0.222 e. The Balaban J connectivity index is 1.56. The third-order valence-electron chi connectivity index (χ3n) is 4.23. The Morgan fingerprint density at radius 3 is 2.36 bits per heavy atom. The highest BCUT2D eigenvalue weighted by molar-refractivity contribution is 5.95. The van der Waals surface area contributed by atoms with Crippen LogP contribution in [0, 0.1) is 11.6 Å². The maximum atomic E-state index is 13.9. The van der Waals surface area contributed by atoms with Crippen LogP contribution in [0.1, 0.15) is 35.8 Å². The number of ether oxygens (including phenoxy) is 1. The number of hydrogen-bond donors (Lipinski definition) is 1. The standard InChI is InChI=1S/C19H16F2N2O2/c1-11-9-17(25-23-11)13-7-5-12(6-8-13)16-10-24-19(22-16)18-14(20)3-2-4-15(18)21/h2-9,16-17,23H,10H2,1H3. The van der Waals surface area contributed by atoms with Crippen LogP contribution in [-0.2, 0) is 9.57 Å². The molecule has 2 aliphatic rings. The molecule has 2 aromatic carbocycles. The molecule has 4 rings (SSSR count). The van der Waals surface area contributed by atoms with Gasteiger partial charge in [0, 0.05) is 5.70 Å². The summed E-state index contributed by atoms with van der Waals surface area (Å²) in [7, 11) is 0. The summed E-state index contributed by atoms with van der Waals surface area (Å²) in [4.78, 5) is 9.79. The minimum Gasteiger partial charge on any atom is -0.475 e.